The molecule has 18 nitrogen and oxygen atoms in total. The number of fused-ring (bicyclic) bond motifs is 4. The number of hydrogen-bond acceptors (Lipinski definition) is 14. The van der Waals surface area contributed by atoms with E-state index in [1.54, 1.807) is 93.6 Å². The van der Waals surface area contributed by atoms with Crippen molar-refractivity contribution in [3.05, 3.63) is 250 Å². The van der Waals surface area contributed by atoms with Gasteiger partial charge in [0.1, 0.15) is 35.9 Å². The van der Waals surface area contributed by atoms with E-state index >= 15 is 0 Å². The highest BCUT2D eigenvalue weighted by molar-refractivity contribution is 6.10. The molecule has 8 aromatic rings. The highest BCUT2D eigenvalue weighted by Gasteiger charge is 2.60. The van der Waals surface area contributed by atoms with E-state index in [0.29, 0.717) is 62.9 Å². The van der Waals surface area contributed by atoms with Gasteiger partial charge in [0.25, 0.3) is 5.91 Å². The molecule has 18 heteroatoms. The van der Waals surface area contributed by atoms with Gasteiger partial charge in [-0.05, 0) is 195 Å². The monoisotopic (exact) mass is 1340 g/mol. The van der Waals surface area contributed by atoms with Crippen LogP contribution in [0.15, 0.2) is 194 Å². The molecule has 4 heterocycles. The molecular weight excluding hydrogens is 1260 g/mol. The zero-order chi connectivity index (χ0) is 70.9. The SMILES string of the molecule is CCC(C)(OC(C)CC(C)(C)OC(=O)Nc1ccc(C)c(NC(=O)OCCN2c3ccccc3C(C)(C)C23C=Cc2cc(C(=O)c4ccccc4)ccc2O3)c1)C(=O)Nc1ccc(C)c(NC(=O)OCCN2c3ccccc3C(C)(C)C23C=Cc2cc(C(=O)c4ccccc4)ccc2O3)c1. The summed E-state index contributed by atoms with van der Waals surface area (Å²) in [4.78, 5) is 85.9. The maximum absolute atomic E-state index is 14.2. The number of nitrogens with one attached hydrogen (secondary N) is 4. The number of carbonyl (C=O) groups is 6. The molecule has 4 atom stereocenters. The Labute approximate surface area is 583 Å². The molecule has 0 saturated carbocycles. The Morgan fingerprint density at radius 2 is 0.930 bits per heavy atom. The lowest BCUT2D eigenvalue weighted by molar-refractivity contribution is -0.150. The molecule has 4 unspecified atom stereocenters. The lowest BCUT2D eigenvalue weighted by atomic mass is 9.76. The fourth-order valence-corrected chi connectivity index (χ4v) is 14.2. The molecule has 4 N–H and O–H groups in total. The lowest BCUT2D eigenvalue weighted by Gasteiger charge is -2.47. The van der Waals surface area contributed by atoms with Crippen LogP contribution >= 0.6 is 0 Å². The van der Waals surface area contributed by atoms with Gasteiger partial charge < -0.3 is 43.5 Å². The number of carbonyl (C=O) groups excluding carboxylic acids is 6. The zero-order valence-corrected chi connectivity index (χ0v) is 58.2. The van der Waals surface area contributed by atoms with Crippen molar-refractivity contribution in [3.8, 4) is 11.5 Å². The molecule has 0 aromatic heterocycles. The van der Waals surface area contributed by atoms with Gasteiger partial charge in [-0.3, -0.25) is 30.3 Å². The van der Waals surface area contributed by atoms with Gasteiger partial charge in [-0.15, -0.1) is 0 Å². The van der Waals surface area contributed by atoms with Crippen LogP contribution in [0, 0.1) is 13.8 Å². The molecule has 4 aliphatic heterocycles. The highest BCUT2D eigenvalue weighted by Crippen LogP contribution is 2.57. The molecule has 0 bridgehead atoms. The Bertz CT molecular complexity index is 4570. The number of benzene rings is 8. The van der Waals surface area contributed by atoms with Crippen molar-refractivity contribution in [1.82, 2.24) is 0 Å². The van der Waals surface area contributed by atoms with Crippen molar-refractivity contribution >= 4 is 82.0 Å². The molecule has 0 radical (unpaired) electrons. The van der Waals surface area contributed by atoms with Crippen LogP contribution in [-0.2, 0) is 34.6 Å². The second-order valence-corrected chi connectivity index (χ2v) is 27.8. The van der Waals surface area contributed by atoms with Crippen molar-refractivity contribution in [2.75, 3.05) is 57.4 Å². The van der Waals surface area contributed by atoms with Crippen molar-refractivity contribution in [3.63, 3.8) is 0 Å². The van der Waals surface area contributed by atoms with Gasteiger partial charge in [-0.25, -0.2) is 14.4 Å². The van der Waals surface area contributed by atoms with Crippen molar-refractivity contribution in [2.24, 2.45) is 0 Å². The van der Waals surface area contributed by atoms with Gasteiger partial charge in [-0.1, -0.05) is 116 Å². The predicted molar refractivity (Wildman–Crippen MR) is 390 cm³/mol. The summed E-state index contributed by atoms with van der Waals surface area (Å²) < 4.78 is 38.1. The number of anilines is 6. The first-order valence-electron chi connectivity index (χ1n) is 33.8. The summed E-state index contributed by atoms with van der Waals surface area (Å²) in [5, 5.41) is 11.5. The van der Waals surface area contributed by atoms with E-state index in [2.05, 4.69) is 70.9 Å². The Hall–Kier alpha value is -11.0. The van der Waals surface area contributed by atoms with E-state index in [0.717, 1.165) is 44.8 Å². The zero-order valence-electron chi connectivity index (χ0n) is 58.2. The second-order valence-electron chi connectivity index (χ2n) is 27.8. The Morgan fingerprint density at radius 3 is 1.38 bits per heavy atom. The van der Waals surface area contributed by atoms with E-state index in [1.807, 2.05) is 149 Å². The van der Waals surface area contributed by atoms with Crippen molar-refractivity contribution in [2.45, 2.75) is 129 Å². The van der Waals surface area contributed by atoms with Crippen LogP contribution in [0.3, 0.4) is 0 Å². The quantitative estimate of drug-likeness (QED) is 0.0389. The normalized spacial score (nSPS) is 18.0. The number of amides is 4. The average Bonchev–Trinajstić information content (AvgIpc) is 1.54. The van der Waals surface area contributed by atoms with Crippen LogP contribution in [0.1, 0.15) is 140 Å². The number of nitrogens with zero attached hydrogens (tertiary/aromatic N) is 2. The van der Waals surface area contributed by atoms with Gasteiger partial charge in [-0.2, -0.15) is 0 Å². The van der Waals surface area contributed by atoms with Gasteiger partial charge in [0, 0.05) is 73.9 Å². The summed E-state index contributed by atoms with van der Waals surface area (Å²) >= 11 is 0. The average molecular weight is 1350 g/mol. The Balaban J connectivity index is 0.615. The summed E-state index contributed by atoms with van der Waals surface area (Å²) in [5.41, 5.74) is 5.46. The molecule has 8 aromatic carbocycles. The number of aryl methyl sites for hydroxylation is 2. The van der Waals surface area contributed by atoms with Crippen LogP contribution in [0.25, 0.3) is 12.2 Å². The van der Waals surface area contributed by atoms with Gasteiger partial charge in [0.15, 0.2) is 11.6 Å². The maximum Gasteiger partial charge on any atom is 0.412 e. The van der Waals surface area contributed by atoms with Crippen LogP contribution in [0.4, 0.5) is 48.5 Å². The smallest absolute Gasteiger partial charge is 0.412 e. The second kappa shape index (κ2) is 27.4. The molecule has 514 valence electrons. The predicted octanol–water partition coefficient (Wildman–Crippen LogP) is 17.0. The third kappa shape index (κ3) is 13.4. The summed E-state index contributed by atoms with van der Waals surface area (Å²) in [7, 11) is 0. The minimum atomic E-state index is -1.32. The topological polar surface area (TPSA) is 212 Å². The molecular formula is C82H84N6O12. The molecule has 4 aliphatic rings. The van der Waals surface area contributed by atoms with Crippen LogP contribution in [0.2, 0.25) is 0 Å². The third-order valence-electron chi connectivity index (χ3n) is 19.8. The van der Waals surface area contributed by atoms with Crippen LogP contribution in [0.5, 0.6) is 11.5 Å². The van der Waals surface area contributed by atoms with Crippen LogP contribution in [-0.4, -0.2) is 90.8 Å². The third-order valence-corrected chi connectivity index (χ3v) is 19.8. The standard InChI is InChI=1S/C82H84N6O12/c1-12-80(11,73(91)83-61-35-31-52(2)65(49-61)85-74(92)95-45-43-87-67-29-21-19-27-63(67)78(7,8)81(87)41-39-57-47-59(33-37-69(57)98-81)71(89)55-23-15-13-16-24-55)97-54(4)51-77(5,6)100-76(94)84-62-36-32-53(3)66(50-62)86-75(93)96-46-44-88-68-30-22-20-28-64(68)79(9,10)82(88)42-40-58-48-60(34-38-70(58)99-82)72(90)56-25-17-14-18-26-56/h13-42,47-50,54H,12,43-46,51H2,1-11H3,(H,83,91)(H,84,94)(H,85,92)(H,86,93). The maximum atomic E-state index is 14.2. The summed E-state index contributed by atoms with van der Waals surface area (Å²) in [6.45, 7) is 21.6. The first kappa shape index (κ1) is 68.9. The van der Waals surface area contributed by atoms with E-state index < -0.39 is 63.8 Å². The largest absolute Gasteiger partial charge is 0.463 e. The molecule has 12 rings (SSSR count). The minimum absolute atomic E-state index is 0.000440. The fourth-order valence-electron chi connectivity index (χ4n) is 14.2. The first-order chi connectivity index (χ1) is 47.7. The lowest BCUT2D eigenvalue weighted by Crippen LogP contribution is -2.60. The highest BCUT2D eigenvalue weighted by atomic mass is 16.6. The number of ketones is 2. The Kier molecular flexibility index (Phi) is 18.9. The molecule has 4 amide bonds. The minimum Gasteiger partial charge on any atom is -0.463 e. The van der Waals surface area contributed by atoms with E-state index in [4.69, 9.17) is 28.4 Å². The van der Waals surface area contributed by atoms with Crippen molar-refractivity contribution in [1.29, 1.82) is 0 Å². The fraction of sp³-hybridized carbons (Fsp3) is 0.293. The number of rotatable bonds is 21. The van der Waals surface area contributed by atoms with Gasteiger partial charge >= 0.3 is 18.3 Å². The number of para-hydroxylation sites is 2. The van der Waals surface area contributed by atoms with Gasteiger partial charge in [0.2, 0.25) is 11.4 Å². The molecule has 100 heavy (non-hydrogen) atoms. The van der Waals surface area contributed by atoms with Crippen LogP contribution < -0.4 is 40.5 Å². The number of ether oxygens (including phenoxy) is 6. The number of hydrogen-bond donors (Lipinski definition) is 4. The summed E-state index contributed by atoms with van der Waals surface area (Å²) in [5.74, 6) is 0.668. The van der Waals surface area contributed by atoms with Crippen molar-refractivity contribution < 1.29 is 57.2 Å². The van der Waals surface area contributed by atoms with E-state index in [-0.39, 0.29) is 44.3 Å². The van der Waals surface area contributed by atoms with E-state index in [9.17, 15) is 28.8 Å². The first-order valence-corrected chi connectivity index (χ1v) is 33.8. The summed E-state index contributed by atoms with van der Waals surface area (Å²) in [6, 6.07) is 55.7. The summed E-state index contributed by atoms with van der Waals surface area (Å²) in [6.07, 6.45) is 5.85. The molecule has 0 saturated heterocycles. The molecule has 0 fully saturated rings. The van der Waals surface area contributed by atoms with Gasteiger partial charge in [0.05, 0.1) is 30.0 Å². The molecule has 2 spiro atoms. The Morgan fingerprint density at radius 1 is 0.500 bits per heavy atom. The van der Waals surface area contributed by atoms with E-state index in [1.165, 1.54) is 0 Å². The molecule has 0 aliphatic carbocycles.